The average Bonchev–Trinajstić information content (AvgIpc) is 2.70. The molecule has 0 saturated carbocycles. The number of amides is 3. The summed E-state index contributed by atoms with van der Waals surface area (Å²) in [5, 5.41) is 2.59. The number of pyridine rings is 1. The zero-order chi connectivity index (χ0) is 23.1. The maximum absolute atomic E-state index is 14.7. The molecular formula is C19H19Cl2F3N4O3. The van der Waals surface area contributed by atoms with E-state index in [1.54, 1.807) is 6.92 Å². The fourth-order valence-electron chi connectivity index (χ4n) is 2.50. The molecule has 0 bridgehead atoms. The number of ether oxygens (including phenoxy) is 1. The molecule has 2 aromatic rings. The van der Waals surface area contributed by atoms with Crippen LogP contribution in [0.25, 0.3) is 11.1 Å². The topological polar surface area (TPSA) is 92.4 Å². The second-order valence-electron chi connectivity index (χ2n) is 6.28. The molecule has 0 saturated heterocycles. The summed E-state index contributed by atoms with van der Waals surface area (Å²) in [6, 6.07) is 2.17. The number of benzene rings is 1. The number of urea groups is 1. The lowest BCUT2D eigenvalue weighted by Gasteiger charge is -2.17. The van der Waals surface area contributed by atoms with Gasteiger partial charge in [-0.05, 0) is 25.1 Å². The molecule has 0 fully saturated rings. The van der Waals surface area contributed by atoms with Crippen molar-refractivity contribution in [1.82, 2.24) is 21.2 Å². The molecular weight excluding hydrogens is 460 g/mol. The highest BCUT2D eigenvalue weighted by Crippen LogP contribution is 2.39. The molecule has 3 N–H and O–H groups in total. The predicted octanol–water partition coefficient (Wildman–Crippen LogP) is 4.64. The number of alkyl halides is 2. The normalized spacial score (nSPS) is 11.7. The van der Waals surface area contributed by atoms with Crippen molar-refractivity contribution >= 4 is 35.1 Å². The first kappa shape index (κ1) is 24.5. The Balaban J connectivity index is 2.24. The lowest BCUT2D eigenvalue weighted by Crippen LogP contribution is -2.47. The van der Waals surface area contributed by atoms with Gasteiger partial charge in [0, 0.05) is 28.8 Å². The second kappa shape index (κ2) is 11.1. The van der Waals surface area contributed by atoms with E-state index in [0.717, 1.165) is 6.07 Å². The number of carbonyl (C=O) groups is 2. The first-order valence-electron chi connectivity index (χ1n) is 9.03. The van der Waals surface area contributed by atoms with E-state index in [4.69, 9.17) is 27.9 Å². The van der Waals surface area contributed by atoms with Crippen molar-refractivity contribution in [3.05, 3.63) is 46.0 Å². The van der Waals surface area contributed by atoms with E-state index < -0.39 is 36.8 Å². The van der Waals surface area contributed by atoms with Crippen LogP contribution in [0.5, 0.6) is 5.75 Å². The van der Waals surface area contributed by atoms with Crippen LogP contribution in [0.1, 0.15) is 32.0 Å². The number of hydrogen-bond donors (Lipinski definition) is 3. The van der Waals surface area contributed by atoms with Gasteiger partial charge in [-0.1, -0.05) is 30.1 Å². The summed E-state index contributed by atoms with van der Waals surface area (Å²) in [6.45, 7) is 2.18. The van der Waals surface area contributed by atoms with Crippen LogP contribution in [0.3, 0.4) is 0 Å². The molecule has 3 amide bonds. The van der Waals surface area contributed by atoms with Crippen LogP contribution in [0.2, 0.25) is 10.0 Å². The minimum absolute atomic E-state index is 0.0199. The van der Waals surface area contributed by atoms with E-state index in [1.807, 2.05) is 0 Å². The predicted molar refractivity (Wildman–Crippen MR) is 110 cm³/mol. The van der Waals surface area contributed by atoms with Crippen LogP contribution < -0.4 is 20.9 Å². The molecule has 0 aliphatic rings. The zero-order valence-corrected chi connectivity index (χ0v) is 18.0. The molecule has 31 heavy (non-hydrogen) atoms. The molecule has 0 unspecified atom stereocenters. The van der Waals surface area contributed by atoms with E-state index in [2.05, 4.69) is 21.2 Å². The van der Waals surface area contributed by atoms with Crippen molar-refractivity contribution in [3.8, 4) is 16.9 Å². The Bertz CT molecular complexity index is 963. The van der Waals surface area contributed by atoms with Crippen molar-refractivity contribution in [2.75, 3.05) is 6.61 Å². The smallest absolute Gasteiger partial charge is 0.334 e. The van der Waals surface area contributed by atoms with Gasteiger partial charge in [0.1, 0.15) is 18.2 Å². The Morgan fingerprint density at radius 2 is 1.90 bits per heavy atom. The minimum atomic E-state index is -2.74. The first-order chi connectivity index (χ1) is 14.6. The van der Waals surface area contributed by atoms with Crippen LogP contribution in [0.4, 0.5) is 18.0 Å². The van der Waals surface area contributed by atoms with Gasteiger partial charge in [-0.3, -0.25) is 15.2 Å². The van der Waals surface area contributed by atoms with Crippen LogP contribution in [0, 0.1) is 5.82 Å². The van der Waals surface area contributed by atoms with Crippen LogP contribution >= 0.6 is 23.2 Å². The summed E-state index contributed by atoms with van der Waals surface area (Å²) in [7, 11) is 0. The zero-order valence-electron chi connectivity index (χ0n) is 16.4. The molecule has 1 atom stereocenters. The maximum Gasteiger partial charge on any atom is 0.334 e. The lowest BCUT2D eigenvalue weighted by atomic mass is 10.0. The van der Waals surface area contributed by atoms with Crippen LogP contribution in [-0.4, -0.2) is 30.0 Å². The third kappa shape index (κ3) is 6.90. The van der Waals surface area contributed by atoms with Gasteiger partial charge in [-0.15, -0.1) is 0 Å². The third-order valence-electron chi connectivity index (χ3n) is 3.94. The molecule has 1 aromatic carbocycles. The van der Waals surface area contributed by atoms with Crippen LogP contribution in [0.15, 0.2) is 24.4 Å². The summed E-state index contributed by atoms with van der Waals surface area (Å²) in [6.07, 6.45) is -1.30. The maximum atomic E-state index is 14.7. The Morgan fingerprint density at radius 3 is 2.52 bits per heavy atom. The number of hydrazine groups is 1. The molecule has 7 nitrogen and oxygen atoms in total. The minimum Gasteiger partial charge on any atom is -0.485 e. The van der Waals surface area contributed by atoms with Crippen LogP contribution in [-0.2, 0) is 4.79 Å². The molecule has 0 spiro atoms. The van der Waals surface area contributed by atoms with Gasteiger partial charge >= 0.3 is 6.03 Å². The van der Waals surface area contributed by atoms with Gasteiger partial charge < -0.3 is 10.1 Å². The van der Waals surface area contributed by atoms with Gasteiger partial charge in [0.05, 0.1) is 16.8 Å². The highest BCUT2D eigenvalue weighted by Gasteiger charge is 2.20. The van der Waals surface area contributed by atoms with Crippen molar-refractivity contribution < 1.29 is 27.5 Å². The SMILES string of the molecule is CCC(=O)NNC(=O)N[C@H](C)c1ncc(-c2cc(Cl)cc(Cl)c2OCC(F)F)cc1F. The number of hydrogen-bond acceptors (Lipinski definition) is 4. The largest absolute Gasteiger partial charge is 0.485 e. The highest BCUT2D eigenvalue weighted by molar-refractivity contribution is 6.36. The van der Waals surface area contributed by atoms with E-state index >= 15 is 0 Å². The lowest BCUT2D eigenvalue weighted by molar-refractivity contribution is -0.121. The molecule has 168 valence electrons. The van der Waals surface area contributed by atoms with Crippen molar-refractivity contribution in [2.24, 2.45) is 0 Å². The Kier molecular flexibility index (Phi) is 8.76. The van der Waals surface area contributed by atoms with E-state index in [-0.39, 0.29) is 39.0 Å². The summed E-state index contributed by atoms with van der Waals surface area (Å²) >= 11 is 12.0. The standard InChI is InChI=1S/C19H19Cl2F3N4O3/c1-3-16(29)27-28-19(30)26-9(2)17-14(22)4-10(7-25-17)12-5-11(20)6-13(21)18(12)31-8-15(23)24/h4-7,9,15H,3,8H2,1-2H3,(H,27,29)(H2,26,28,30)/t9-/m1/s1. The molecule has 1 heterocycles. The number of nitrogens with one attached hydrogen (secondary N) is 3. The molecule has 0 aliphatic carbocycles. The number of aromatic nitrogens is 1. The number of carbonyl (C=O) groups excluding carboxylic acids is 2. The number of rotatable bonds is 7. The molecule has 2 rings (SSSR count). The summed E-state index contributed by atoms with van der Waals surface area (Å²) in [5.41, 5.74) is 4.56. The van der Waals surface area contributed by atoms with Gasteiger partial charge in [0.2, 0.25) is 5.91 Å². The molecule has 0 radical (unpaired) electrons. The Hall–Kier alpha value is -2.72. The van der Waals surface area contributed by atoms with E-state index in [9.17, 15) is 22.8 Å². The number of halogens is 5. The quantitative estimate of drug-likeness (QED) is 0.505. The molecule has 12 heteroatoms. The van der Waals surface area contributed by atoms with Gasteiger partial charge in [0.25, 0.3) is 6.43 Å². The summed E-state index contributed by atoms with van der Waals surface area (Å²) < 4.78 is 44.9. The van der Waals surface area contributed by atoms with E-state index in [1.165, 1.54) is 25.3 Å². The first-order valence-corrected chi connectivity index (χ1v) is 9.79. The highest BCUT2D eigenvalue weighted by atomic mass is 35.5. The monoisotopic (exact) mass is 478 g/mol. The van der Waals surface area contributed by atoms with Gasteiger partial charge in [-0.2, -0.15) is 0 Å². The third-order valence-corrected chi connectivity index (χ3v) is 4.44. The van der Waals surface area contributed by atoms with Gasteiger partial charge in [0.15, 0.2) is 0 Å². The second-order valence-corrected chi connectivity index (χ2v) is 7.12. The summed E-state index contributed by atoms with van der Waals surface area (Å²) in [5.74, 6) is -1.27. The Labute approximate surface area is 186 Å². The fourth-order valence-corrected chi connectivity index (χ4v) is 3.05. The molecule has 1 aromatic heterocycles. The van der Waals surface area contributed by atoms with E-state index in [0.29, 0.717) is 0 Å². The van der Waals surface area contributed by atoms with Crippen molar-refractivity contribution in [1.29, 1.82) is 0 Å². The van der Waals surface area contributed by atoms with Crippen molar-refractivity contribution in [2.45, 2.75) is 32.7 Å². The van der Waals surface area contributed by atoms with Gasteiger partial charge in [-0.25, -0.2) is 23.4 Å². The summed E-state index contributed by atoms with van der Waals surface area (Å²) in [4.78, 5) is 27.0. The van der Waals surface area contributed by atoms with Crippen molar-refractivity contribution in [3.63, 3.8) is 0 Å². The molecule has 0 aliphatic heterocycles. The number of nitrogens with zero attached hydrogens (tertiary/aromatic N) is 1. The average molecular weight is 479 g/mol. The fraction of sp³-hybridized carbons (Fsp3) is 0.316. The Morgan fingerprint density at radius 1 is 1.19 bits per heavy atom.